The van der Waals surface area contributed by atoms with Crippen LogP contribution in [0, 0.1) is 12.3 Å². The number of carbonyl (C=O) groups excluding carboxylic acids is 1. The summed E-state index contributed by atoms with van der Waals surface area (Å²) in [6, 6.07) is 11.4. The van der Waals surface area contributed by atoms with Crippen LogP contribution in [0.3, 0.4) is 0 Å². The number of carbonyl (C=O) groups is 1. The van der Waals surface area contributed by atoms with Gasteiger partial charge in [0.25, 0.3) is 0 Å². The first-order chi connectivity index (χ1) is 17.6. The van der Waals surface area contributed by atoms with Crippen molar-refractivity contribution in [1.82, 2.24) is 14.9 Å². The Bertz CT molecular complexity index is 1270. The van der Waals surface area contributed by atoms with Gasteiger partial charge in [-0.3, -0.25) is 4.79 Å². The van der Waals surface area contributed by atoms with Crippen molar-refractivity contribution in [3.05, 3.63) is 66.0 Å². The molecule has 2 heterocycles. The van der Waals surface area contributed by atoms with Gasteiger partial charge in [-0.25, -0.2) is 9.97 Å². The lowest BCUT2D eigenvalue weighted by Crippen LogP contribution is -2.22. The van der Waals surface area contributed by atoms with Crippen molar-refractivity contribution in [2.45, 2.75) is 32.8 Å². The number of likely N-dealkylation sites (N-methyl/N-ethyl adjacent to an activating group) is 1. The van der Waals surface area contributed by atoms with E-state index >= 15 is 0 Å². The Balaban J connectivity index is 1.64. The number of nitrogens with zero attached hydrogens (tertiary/aromatic N) is 3. The molecule has 1 aromatic heterocycles. The molecule has 1 atom stereocenters. The highest BCUT2D eigenvalue weighted by Crippen LogP contribution is 2.32. The topological polar surface area (TPSA) is 76.6 Å². The molecule has 0 amide bonds. The van der Waals surface area contributed by atoms with Gasteiger partial charge in [0.15, 0.2) is 5.78 Å². The van der Waals surface area contributed by atoms with Gasteiger partial charge in [-0.1, -0.05) is 31.9 Å². The van der Waals surface area contributed by atoms with E-state index in [-0.39, 0.29) is 18.3 Å². The van der Waals surface area contributed by atoms with E-state index in [1.807, 2.05) is 42.5 Å². The molecule has 7 nitrogen and oxygen atoms in total. The number of anilines is 2. The minimum Gasteiger partial charge on any atom is -0.488 e. The summed E-state index contributed by atoms with van der Waals surface area (Å²) < 4.78 is 11.8. The van der Waals surface area contributed by atoms with Crippen molar-refractivity contribution >= 4 is 28.2 Å². The van der Waals surface area contributed by atoms with Crippen LogP contribution in [0.2, 0.25) is 0 Å². The summed E-state index contributed by atoms with van der Waals surface area (Å²) in [5.41, 5.74) is 3.12. The number of benzene rings is 2. The molecule has 3 aromatic rings. The fourth-order valence-corrected chi connectivity index (χ4v) is 4.15. The number of hydrogen-bond acceptors (Lipinski definition) is 7. The molecule has 1 aliphatic rings. The van der Waals surface area contributed by atoms with Crippen LogP contribution in [0.1, 0.15) is 31.4 Å². The molecule has 0 unspecified atom stereocenters. The van der Waals surface area contributed by atoms with Gasteiger partial charge in [0.1, 0.15) is 24.0 Å². The molecule has 2 aromatic carbocycles. The number of fused-ring (bicyclic) bond motifs is 1. The predicted molar refractivity (Wildman–Crippen MR) is 143 cm³/mol. The van der Waals surface area contributed by atoms with Crippen LogP contribution >= 0.6 is 0 Å². The molecule has 1 fully saturated rings. The van der Waals surface area contributed by atoms with Crippen molar-refractivity contribution in [1.29, 1.82) is 0 Å². The maximum Gasteiger partial charge on any atom is 0.159 e. The average Bonchev–Trinajstić information content (AvgIpc) is 3.40. The van der Waals surface area contributed by atoms with Gasteiger partial charge in [-0.2, -0.15) is 0 Å². The maximum atomic E-state index is 12.9. The summed E-state index contributed by atoms with van der Waals surface area (Å²) in [5, 5.41) is 4.14. The number of hydrogen-bond donors (Lipinski definition) is 1. The minimum absolute atomic E-state index is 0.0158. The number of allylic oxidation sites excluding steroid dienone is 1. The zero-order chi connectivity index (χ0) is 25.3. The number of terminal acetylenes is 1. The van der Waals surface area contributed by atoms with Crippen LogP contribution in [0.25, 0.3) is 10.9 Å². The zero-order valence-electron chi connectivity index (χ0n) is 20.9. The fourth-order valence-electron chi connectivity index (χ4n) is 4.15. The monoisotopic (exact) mass is 484 g/mol. The second-order valence-electron chi connectivity index (χ2n) is 8.68. The molecule has 0 spiro atoms. The first-order valence-corrected chi connectivity index (χ1v) is 12.4. The third-order valence-corrected chi connectivity index (χ3v) is 6.22. The van der Waals surface area contributed by atoms with Crippen LogP contribution in [0.4, 0.5) is 11.5 Å². The minimum atomic E-state index is -0.0413. The predicted octanol–water partition coefficient (Wildman–Crippen LogP) is 4.53. The van der Waals surface area contributed by atoms with Gasteiger partial charge >= 0.3 is 0 Å². The van der Waals surface area contributed by atoms with E-state index in [1.165, 1.54) is 6.33 Å². The van der Waals surface area contributed by atoms with Crippen LogP contribution in [-0.2, 0) is 16.0 Å². The van der Waals surface area contributed by atoms with E-state index in [4.69, 9.17) is 15.9 Å². The van der Waals surface area contributed by atoms with E-state index in [1.54, 1.807) is 6.08 Å². The lowest BCUT2D eigenvalue weighted by atomic mass is 10.0. The third-order valence-electron chi connectivity index (χ3n) is 6.22. The van der Waals surface area contributed by atoms with Crippen LogP contribution in [-0.4, -0.2) is 59.6 Å². The largest absolute Gasteiger partial charge is 0.488 e. The lowest BCUT2D eigenvalue weighted by Gasteiger charge is -2.17. The molecule has 1 N–H and O–H groups in total. The molecular formula is C29H32N4O3. The van der Waals surface area contributed by atoms with Gasteiger partial charge < -0.3 is 19.7 Å². The maximum absolute atomic E-state index is 12.9. The Morgan fingerprint density at radius 1 is 1.28 bits per heavy atom. The van der Waals surface area contributed by atoms with Crippen molar-refractivity contribution in [2.24, 2.45) is 0 Å². The number of nitrogens with one attached hydrogen (secondary N) is 1. The van der Waals surface area contributed by atoms with Crippen LogP contribution in [0.5, 0.6) is 5.75 Å². The van der Waals surface area contributed by atoms with Gasteiger partial charge in [0.2, 0.25) is 0 Å². The summed E-state index contributed by atoms with van der Waals surface area (Å²) in [6.45, 7) is 8.08. The van der Waals surface area contributed by atoms with E-state index < -0.39 is 0 Å². The Hall–Kier alpha value is -3.73. The van der Waals surface area contributed by atoms with E-state index in [2.05, 4.69) is 40.0 Å². The molecule has 0 bridgehead atoms. The number of ether oxygens (including phenoxy) is 2. The first kappa shape index (κ1) is 25.4. The molecule has 4 rings (SSSR count). The van der Waals surface area contributed by atoms with E-state index in [0.29, 0.717) is 24.8 Å². The Morgan fingerprint density at radius 3 is 2.89 bits per heavy atom. The molecule has 7 heteroatoms. The number of aromatic nitrogens is 2. The Kier molecular flexibility index (Phi) is 8.66. The highest BCUT2D eigenvalue weighted by molar-refractivity contribution is 5.96. The summed E-state index contributed by atoms with van der Waals surface area (Å²) in [6.07, 6.45) is 11.6. The van der Waals surface area contributed by atoms with Crippen molar-refractivity contribution in [3.63, 3.8) is 0 Å². The molecule has 0 saturated carbocycles. The SMILES string of the molecule is C#Cc1cccc(Nc2ncnc3cc(O[C@H]4CCOC4)c(CC(=O)/C=C/CN(CC)CC)cc23)c1. The lowest BCUT2D eigenvalue weighted by molar-refractivity contribution is -0.114. The molecule has 0 aliphatic carbocycles. The van der Waals surface area contributed by atoms with Gasteiger partial charge in [0.05, 0.1) is 18.7 Å². The van der Waals surface area contributed by atoms with Crippen molar-refractivity contribution < 1.29 is 14.3 Å². The van der Waals surface area contributed by atoms with Gasteiger partial charge in [-0.15, -0.1) is 6.42 Å². The average molecular weight is 485 g/mol. The molecule has 36 heavy (non-hydrogen) atoms. The fraction of sp³-hybridized carbons (Fsp3) is 0.345. The Morgan fingerprint density at radius 2 is 2.14 bits per heavy atom. The van der Waals surface area contributed by atoms with Crippen molar-refractivity contribution in [2.75, 3.05) is 38.2 Å². The number of ketones is 1. The molecular weight excluding hydrogens is 452 g/mol. The second kappa shape index (κ2) is 12.3. The number of rotatable bonds is 11. The summed E-state index contributed by atoms with van der Waals surface area (Å²) in [4.78, 5) is 24.1. The standard InChI is InChI=1S/C29H32N4O3/c1-4-21-9-7-10-23(15-21)32-29-26-17-22(16-24(34)11-8-13-33(5-2)6-3)28(18-27(26)30-20-31-29)36-25-12-14-35-19-25/h1,7-11,15,17-18,20,25H,5-6,12-14,16,19H2,2-3H3,(H,30,31,32)/b11-8+/t25-/m0/s1. The zero-order valence-corrected chi connectivity index (χ0v) is 20.9. The molecule has 0 radical (unpaired) electrons. The van der Waals surface area contributed by atoms with E-state index in [0.717, 1.165) is 53.8 Å². The quantitative estimate of drug-likeness (QED) is 0.316. The Labute approximate surface area is 212 Å². The molecule has 1 saturated heterocycles. The molecule has 1 aliphatic heterocycles. The first-order valence-electron chi connectivity index (χ1n) is 12.4. The summed E-state index contributed by atoms with van der Waals surface area (Å²) >= 11 is 0. The molecule has 186 valence electrons. The third kappa shape index (κ3) is 6.48. The second-order valence-corrected chi connectivity index (χ2v) is 8.68. The van der Waals surface area contributed by atoms with Crippen LogP contribution < -0.4 is 10.1 Å². The summed E-state index contributed by atoms with van der Waals surface area (Å²) in [7, 11) is 0. The van der Waals surface area contributed by atoms with Gasteiger partial charge in [-0.05, 0) is 43.4 Å². The van der Waals surface area contributed by atoms with Crippen LogP contribution in [0.15, 0.2) is 54.9 Å². The summed E-state index contributed by atoms with van der Waals surface area (Å²) in [5.74, 6) is 3.95. The van der Waals surface area contributed by atoms with E-state index in [9.17, 15) is 4.79 Å². The van der Waals surface area contributed by atoms with Gasteiger partial charge in [0, 0.05) is 47.7 Å². The smallest absolute Gasteiger partial charge is 0.159 e. The van der Waals surface area contributed by atoms with Crippen molar-refractivity contribution in [3.8, 4) is 18.1 Å². The highest BCUT2D eigenvalue weighted by atomic mass is 16.5. The highest BCUT2D eigenvalue weighted by Gasteiger charge is 2.21. The normalized spacial score (nSPS) is 15.4.